The number of nitrogens with one attached hydrogen (secondary N) is 2. The van der Waals surface area contributed by atoms with Crippen molar-refractivity contribution in [3.05, 3.63) is 0 Å². The van der Waals surface area contributed by atoms with Gasteiger partial charge in [-0.05, 0) is 38.3 Å². The molecule has 7 heteroatoms. The maximum absolute atomic E-state index is 12.3. The van der Waals surface area contributed by atoms with Gasteiger partial charge in [0.05, 0.1) is 12.3 Å². The van der Waals surface area contributed by atoms with E-state index in [1.165, 1.54) is 0 Å². The van der Waals surface area contributed by atoms with Crippen molar-refractivity contribution in [1.82, 2.24) is 15.5 Å². The second-order valence-corrected chi connectivity index (χ2v) is 6.57. The van der Waals surface area contributed by atoms with Crippen molar-refractivity contribution in [1.29, 1.82) is 0 Å². The first-order valence-electron chi connectivity index (χ1n) is 8.46. The molecule has 24 heavy (non-hydrogen) atoms. The highest BCUT2D eigenvalue weighted by Gasteiger charge is 2.30. The van der Waals surface area contributed by atoms with Crippen LogP contribution in [0.15, 0.2) is 0 Å². The predicted molar refractivity (Wildman–Crippen MR) is 87.9 cm³/mol. The summed E-state index contributed by atoms with van der Waals surface area (Å²) in [4.78, 5) is 37.1. The zero-order chi connectivity index (χ0) is 17.5. The van der Waals surface area contributed by atoms with Crippen LogP contribution in [0.2, 0.25) is 0 Å². The third-order valence-corrected chi connectivity index (χ3v) is 4.67. The van der Waals surface area contributed by atoms with Crippen LogP contribution in [0, 0.1) is 24.2 Å². The molecule has 2 atom stereocenters. The van der Waals surface area contributed by atoms with Gasteiger partial charge in [0, 0.05) is 19.5 Å². The Labute approximate surface area is 142 Å². The number of piperidine rings is 1. The lowest BCUT2D eigenvalue weighted by molar-refractivity contribution is -0.137. The number of carboxylic acid groups (broad SMARTS) is 1. The average Bonchev–Trinajstić information content (AvgIpc) is 2.52. The first-order chi connectivity index (χ1) is 11.5. The molecule has 2 amide bonds. The van der Waals surface area contributed by atoms with Crippen LogP contribution in [0.25, 0.3) is 0 Å². The van der Waals surface area contributed by atoms with Crippen molar-refractivity contribution in [2.24, 2.45) is 11.8 Å². The lowest BCUT2D eigenvalue weighted by atomic mass is 9.94. The van der Waals surface area contributed by atoms with Crippen LogP contribution in [0.3, 0.4) is 0 Å². The van der Waals surface area contributed by atoms with Gasteiger partial charge in [-0.3, -0.25) is 14.4 Å². The van der Waals surface area contributed by atoms with E-state index in [4.69, 9.17) is 11.5 Å². The van der Waals surface area contributed by atoms with Gasteiger partial charge in [0.2, 0.25) is 11.8 Å². The maximum atomic E-state index is 12.3. The number of carboxylic acids is 1. The van der Waals surface area contributed by atoms with Crippen LogP contribution in [0.1, 0.15) is 32.1 Å². The Bertz CT molecular complexity index is 524. The minimum Gasteiger partial charge on any atom is -0.481 e. The summed E-state index contributed by atoms with van der Waals surface area (Å²) in [7, 11) is 0. The molecule has 0 bridgehead atoms. The number of carbonyl (C=O) groups excluding carboxylic acids is 2. The molecule has 2 heterocycles. The third-order valence-electron chi connectivity index (χ3n) is 4.67. The standard InChI is InChI=1S/C17H25N3O4/c1-2-14(8-16(22)23)19-17(24)13-4-3-7-20(11-13)15(21)6-5-12-9-18-10-12/h1,12-14,18H,3-11H2,(H,19,24)(H,22,23)/t13-,14?/m1/s1. The number of amides is 2. The fourth-order valence-corrected chi connectivity index (χ4v) is 3.07. The number of hydrogen-bond acceptors (Lipinski definition) is 4. The highest BCUT2D eigenvalue weighted by atomic mass is 16.4. The molecule has 2 saturated heterocycles. The zero-order valence-electron chi connectivity index (χ0n) is 13.8. The molecule has 0 aromatic carbocycles. The monoisotopic (exact) mass is 335 g/mol. The Kier molecular flexibility index (Phi) is 6.62. The van der Waals surface area contributed by atoms with Gasteiger partial charge < -0.3 is 20.6 Å². The fourth-order valence-electron chi connectivity index (χ4n) is 3.07. The zero-order valence-corrected chi connectivity index (χ0v) is 13.8. The van der Waals surface area contributed by atoms with E-state index in [9.17, 15) is 14.4 Å². The van der Waals surface area contributed by atoms with Gasteiger partial charge in [0.15, 0.2) is 0 Å². The Morgan fingerprint density at radius 3 is 2.71 bits per heavy atom. The molecule has 2 aliphatic heterocycles. The van der Waals surface area contributed by atoms with Crippen molar-refractivity contribution in [3.8, 4) is 12.3 Å². The van der Waals surface area contributed by atoms with Crippen molar-refractivity contribution >= 4 is 17.8 Å². The Morgan fingerprint density at radius 2 is 2.12 bits per heavy atom. The van der Waals surface area contributed by atoms with E-state index in [0.29, 0.717) is 31.8 Å². The summed E-state index contributed by atoms with van der Waals surface area (Å²) in [5.74, 6) is 1.33. The minimum atomic E-state index is -1.05. The average molecular weight is 335 g/mol. The van der Waals surface area contributed by atoms with Gasteiger partial charge in [-0.1, -0.05) is 5.92 Å². The van der Waals surface area contributed by atoms with E-state index >= 15 is 0 Å². The van der Waals surface area contributed by atoms with Gasteiger partial charge >= 0.3 is 5.97 Å². The van der Waals surface area contributed by atoms with Crippen LogP contribution in [-0.2, 0) is 14.4 Å². The van der Waals surface area contributed by atoms with Crippen LogP contribution in [0.4, 0.5) is 0 Å². The molecule has 0 aliphatic carbocycles. The van der Waals surface area contributed by atoms with Crippen LogP contribution in [0.5, 0.6) is 0 Å². The van der Waals surface area contributed by atoms with Crippen LogP contribution in [-0.4, -0.2) is 60.0 Å². The van der Waals surface area contributed by atoms with E-state index in [1.54, 1.807) is 4.90 Å². The topological polar surface area (TPSA) is 98.7 Å². The number of nitrogens with zero attached hydrogens (tertiary/aromatic N) is 1. The van der Waals surface area contributed by atoms with Crippen molar-refractivity contribution in [2.75, 3.05) is 26.2 Å². The smallest absolute Gasteiger partial charge is 0.306 e. The summed E-state index contributed by atoms with van der Waals surface area (Å²) in [5, 5.41) is 14.6. The number of hydrogen-bond donors (Lipinski definition) is 3. The number of likely N-dealkylation sites (tertiary alicyclic amines) is 1. The third kappa shape index (κ3) is 5.24. The Balaban J connectivity index is 1.80. The van der Waals surface area contributed by atoms with Gasteiger partial charge in [0.25, 0.3) is 0 Å². The van der Waals surface area contributed by atoms with E-state index in [-0.39, 0.29) is 24.2 Å². The fraction of sp³-hybridized carbons (Fsp3) is 0.706. The molecular weight excluding hydrogens is 310 g/mol. The second kappa shape index (κ2) is 8.69. The molecule has 0 aromatic rings. The summed E-state index contributed by atoms with van der Waals surface area (Å²) >= 11 is 0. The summed E-state index contributed by atoms with van der Waals surface area (Å²) in [5.41, 5.74) is 0. The molecule has 2 aliphatic rings. The van der Waals surface area contributed by atoms with Crippen molar-refractivity contribution in [2.45, 2.75) is 38.1 Å². The molecule has 0 saturated carbocycles. The molecule has 132 valence electrons. The van der Waals surface area contributed by atoms with E-state index in [1.807, 2.05) is 0 Å². The molecule has 0 aromatic heterocycles. The Hall–Kier alpha value is -2.07. The largest absolute Gasteiger partial charge is 0.481 e. The van der Waals surface area contributed by atoms with Gasteiger partial charge in [-0.2, -0.15) is 0 Å². The van der Waals surface area contributed by atoms with Crippen LogP contribution < -0.4 is 10.6 Å². The number of rotatable bonds is 7. The Morgan fingerprint density at radius 1 is 1.38 bits per heavy atom. The molecule has 3 N–H and O–H groups in total. The van der Waals surface area contributed by atoms with Crippen LogP contribution >= 0.6 is 0 Å². The lowest BCUT2D eigenvalue weighted by Gasteiger charge is -2.33. The van der Waals surface area contributed by atoms with E-state index in [0.717, 1.165) is 25.9 Å². The minimum absolute atomic E-state index is 0.0958. The summed E-state index contributed by atoms with van der Waals surface area (Å²) in [6, 6.07) is -0.813. The summed E-state index contributed by atoms with van der Waals surface area (Å²) in [6.45, 7) is 3.03. The molecule has 2 rings (SSSR count). The van der Waals surface area contributed by atoms with Crippen molar-refractivity contribution < 1.29 is 19.5 Å². The van der Waals surface area contributed by atoms with E-state index in [2.05, 4.69) is 16.6 Å². The molecule has 1 unspecified atom stereocenters. The SMILES string of the molecule is C#CC(CC(=O)O)NC(=O)[C@@H]1CCCN(C(=O)CCC2CNC2)C1. The quantitative estimate of drug-likeness (QED) is 0.561. The first kappa shape index (κ1) is 18.3. The highest BCUT2D eigenvalue weighted by Crippen LogP contribution is 2.19. The highest BCUT2D eigenvalue weighted by molar-refractivity contribution is 5.82. The number of carbonyl (C=O) groups is 3. The van der Waals surface area contributed by atoms with Gasteiger partial charge in [-0.15, -0.1) is 6.42 Å². The molecule has 0 radical (unpaired) electrons. The lowest BCUT2D eigenvalue weighted by Crippen LogP contribution is -2.48. The molecule has 2 fully saturated rings. The van der Waals surface area contributed by atoms with Gasteiger partial charge in [0.1, 0.15) is 6.04 Å². The molecular formula is C17H25N3O4. The molecule has 7 nitrogen and oxygen atoms in total. The maximum Gasteiger partial charge on any atom is 0.306 e. The summed E-state index contributed by atoms with van der Waals surface area (Å²) in [6.07, 6.45) is 7.83. The van der Waals surface area contributed by atoms with E-state index < -0.39 is 12.0 Å². The number of aliphatic carboxylic acids is 1. The normalized spacial score (nSPS) is 22.1. The first-order valence-corrected chi connectivity index (χ1v) is 8.46. The number of terminal acetylenes is 1. The molecule has 0 spiro atoms. The van der Waals surface area contributed by atoms with Crippen molar-refractivity contribution in [3.63, 3.8) is 0 Å². The second-order valence-electron chi connectivity index (χ2n) is 6.57. The summed E-state index contributed by atoms with van der Waals surface area (Å²) < 4.78 is 0. The predicted octanol–water partition coefficient (Wildman–Crippen LogP) is -0.183. The van der Waals surface area contributed by atoms with Gasteiger partial charge in [-0.25, -0.2) is 0 Å².